The fourth-order valence-electron chi connectivity index (χ4n) is 1.71. The molecule has 1 heterocycles. The average molecular weight is 299 g/mol. The minimum atomic E-state index is -3.68. The summed E-state index contributed by atoms with van der Waals surface area (Å²) in [7, 11) is -2.13. The van der Waals surface area contributed by atoms with E-state index in [0.29, 0.717) is 5.75 Å². The van der Waals surface area contributed by atoms with Crippen LogP contribution in [-0.4, -0.2) is 42.8 Å². The number of nitrogens with zero attached hydrogens (tertiary/aromatic N) is 3. The van der Waals surface area contributed by atoms with Crippen molar-refractivity contribution in [1.82, 2.24) is 9.29 Å². The summed E-state index contributed by atoms with van der Waals surface area (Å²) >= 11 is 1.60. The molecule has 0 amide bonds. The van der Waals surface area contributed by atoms with Crippen LogP contribution >= 0.6 is 11.8 Å². The fraction of sp³-hybridized carbons (Fsp3) is 0.500. The van der Waals surface area contributed by atoms with Gasteiger partial charge in [-0.25, -0.2) is 13.4 Å². The van der Waals surface area contributed by atoms with Gasteiger partial charge in [0.25, 0.3) is 0 Å². The molecule has 1 atom stereocenters. The summed E-state index contributed by atoms with van der Waals surface area (Å²) in [6.45, 7) is 1.95. The smallest absolute Gasteiger partial charge is 0.244 e. The van der Waals surface area contributed by atoms with E-state index in [1.54, 1.807) is 18.8 Å². The second-order valence-corrected chi connectivity index (χ2v) is 6.88. The van der Waals surface area contributed by atoms with E-state index in [4.69, 9.17) is 5.26 Å². The number of pyridine rings is 1. The third-order valence-corrected chi connectivity index (χ3v) is 5.54. The zero-order valence-electron chi connectivity index (χ0n) is 11.2. The minimum absolute atomic E-state index is 0.0282. The molecule has 1 unspecified atom stereocenters. The summed E-state index contributed by atoms with van der Waals surface area (Å²) in [6, 6.07) is 4.68. The topological polar surface area (TPSA) is 74.1 Å². The van der Waals surface area contributed by atoms with Crippen molar-refractivity contribution < 1.29 is 8.42 Å². The summed E-state index contributed by atoms with van der Waals surface area (Å²) in [5.41, 5.74) is -0.0617. The zero-order chi connectivity index (χ0) is 14.5. The lowest BCUT2D eigenvalue weighted by molar-refractivity contribution is 0.385. The fourth-order valence-corrected chi connectivity index (χ4v) is 4.16. The Kier molecular flexibility index (Phi) is 5.79. The molecule has 0 aromatic carbocycles. The van der Waals surface area contributed by atoms with E-state index in [0.717, 1.165) is 6.42 Å². The molecular weight excluding hydrogens is 282 g/mol. The van der Waals surface area contributed by atoms with Crippen molar-refractivity contribution in [3.8, 4) is 6.07 Å². The molecule has 1 aromatic rings. The Morgan fingerprint density at radius 3 is 2.79 bits per heavy atom. The maximum absolute atomic E-state index is 12.5. The second kappa shape index (κ2) is 6.89. The molecule has 19 heavy (non-hydrogen) atoms. The first kappa shape index (κ1) is 16.0. The Morgan fingerprint density at radius 2 is 2.26 bits per heavy atom. The SMILES string of the molecule is CCC(CSC)N(C)S(=O)(=O)c1cccnc1C#N. The van der Waals surface area contributed by atoms with Gasteiger partial charge in [0.05, 0.1) is 0 Å². The molecule has 0 fully saturated rings. The number of nitriles is 1. The molecule has 0 saturated heterocycles. The van der Waals surface area contributed by atoms with Gasteiger partial charge in [-0.2, -0.15) is 21.3 Å². The van der Waals surface area contributed by atoms with Crippen LogP contribution < -0.4 is 0 Å². The number of aromatic nitrogens is 1. The minimum Gasteiger partial charge on any atom is -0.244 e. The first-order chi connectivity index (χ1) is 8.98. The summed E-state index contributed by atoms with van der Waals surface area (Å²) in [5, 5.41) is 8.96. The molecule has 0 saturated carbocycles. The molecule has 104 valence electrons. The lowest BCUT2D eigenvalue weighted by atomic mass is 10.3. The van der Waals surface area contributed by atoms with Crippen molar-refractivity contribution >= 4 is 21.8 Å². The van der Waals surface area contributed by atoms with E-state index in [9.17, 15) is 8.42 Å². The van der Waals surface area contributed by atoms with Gasteiger partial charge in [0.1, 0.15) is 11.0 Å². The molecular formula is C12H17N3O2S2. The van der Waals surface area contributed by atoms with Gasteiger partial charge in [-0.3, -0.25) is 0 Å². The van der Waals surface area contributed by atoms with Crippen LogP contribution in [0.5, 0.6) is 0 Å². The lowest BCUT2D eigenvalue weighted by Gasteiger charge is -2.26. The predicted molar refractivity (Wildman–Crippen MR) is 76.4 cm³/mol. The van der Waals surface area contributed by atoms with Crippen molar-refractivity contribution in [2.24, 2.45) is 0 Å². The highest BCUT2D eigenvalue weighted by molar-refractivity contribution is 7.98. The molecule has 0 aliphatic carbocycles. The van der Waals surface area contributed by atoms with Crippen LogP contribution in [-0.2, 0) is 10.0 Å². The van der Waals surface area contributed by atoms with Crippen LogP contribution in [0.25, 0.3) is 0 Å². The monoisotopic (exact) mass is 299 g/mol. The van der Waals surface area contributed by atoms with Crippen LogP contribution in [0.15, 0.2) is 23.2 Å². The first-order valence-corrected chi connectivity index (χ1v) is 8.64. The molecule has 5 nitrogen and oxygen atoms in total. The van der Waals surface area contributed by atoms with Gasteiger partial charge in [-0.15, -0.1) is 0 Å². The first-order valence-electron chi connectivity index (χ1n) is 5.81. The highest BCUT2D eigenvalue weighted by atomic mass is 32.2. The van der Waals surface area contributed by atoms with Gasteiger partial charge >= 0.3 is 0 Å². The highest BCUT2D eigenvalue weighted by Gasteiger charge is 2.29. The molecule has 0 aliphatic rings. The van der Waals surface area contributed by atoms with Gasteiger partial charge in [0.15, 0.2) is 5.69 Å². The van der Waals surface area contributed by atoms with Gasteiger partial charge in [0, 0.05) is 25.0 Å². The van der Waals surface area contributed by atoms with Crippen molar-refractivity contribution in [1.29, 1.82) is 5.26 Å². The van der Waals surface area contributed by atoms with Crippen molar-refractivity contribution in [2.75, 3.05) is 19.1 Å². The van der Waals surface area contributed by atoms with Crippen molar-refractivity contribution in [2.45, 2.75) is 24.3 Å². The van der Waals surface area contributed by atoms with Crippen LogP contribution in [0, 0.1) is 11.3 Å². The summed E-state index contributed by atoms with van der Waals surface area (Å²) in [4.78, 5) is 3.78. The Bertz CT molecular complexity index is 567. The largest absolute Gasteiger partial charge is 0.245 e. The van der Waals surface area contributed by atoms with E-state index in [2.05, 4.69) is 4.98 Å². The Hall–Kier alpha value is -1.10. The van der Waals surface area contributed by atoms with Gasteiger partial charge in [0.2, 0.25) is 10.0 Å². The third kappa shape index (κ3) is 3.47. The Balaban J connectivity index is 3.20. The number of thioether (sulfide) groups is 1. The van der Waals surface area contributed by atoms with E-state index >= 15 is 0 Å². The number of rotatable bonds is 6. The normalized spacial score (nSPS) is 13.2. The molecule has 0 spiro atoms. The van der Waals surface area contributed by atoms with Crippen LogP contribution in [0.2, 0.25) is 0 Å². The number of sulfonamides is 1. The van der Waals surface area contributed by atoms with Gasteiger partial charge in [-0.1, -0.05) is 6.92 Å². The number of hydrogen-bond acceptors (Lipinski definition) is 5. The maximum Gasteiger partial charge on any atom is 0.245 e. The Labute approximate surface area is 118 Å². The molecule has 1 rings (SSSR count). The van der Waals surface area contributed by atoms with E-state index in [1.807, 2.05) is 19.2 Å². The van der Waals surface area contributed by atoms with Crippen LogP contribution in [0.3, 0.4) is 0 Å². The second-order valence-electron chi connectivity index (χ2n) is 4.00. The Morgan fingerprint density at radius 1 is 1.58 bits per heavy atom. The molecule has 7 heteroatoms. The standard InChI is InChI=1S/C12H17N3O2S2/c1-4-10(9-18-3)15(2)19(16,17)12-6-5-7-14-11(12)8-13/h5-7,10H,4,9H2,1-3H3. The number of hydrogen-bond donors (Lipinski definition) is 0. The van der Waals surface area contributed by atoms with E-state index in [-0.39, 0.29) is 16.6 Å². The third-order valence-electron chi connectivity index (χ3n) is 2.88. The molecule has 0 aliphatic heterocycles. The molecule has 0 N–H and O–H groups in total. The van der Waals surface area contributed by atoms with Crippen LogP contribution in [0.1, 0.15) is 19.0 Å². The van der Waals surface area contributed by atoms with Crippen molar-refractivity contribution in [3.05, 3.63) is 24.0 Å². The van der Waals surface area contributed by atoms with E-state index < -0.39 is 10.0 Å². The summed E-state index contributed by atoms with van der Waals surface area (Å²) < 4.78 is 26.4. The maximum atomic E-state index is 12.5. The van der Waals surface area contributed by atoms with Gasteiger partial charge < -0.3 is 0 Å². The predicted octanol–water partition coefficient (Wildman–Crippen LogP) is 1.72. The zero-order valence-corrected chi connectivity index (χ0v) is 12.8. The lowest BCUT2D eigenvalue weighted by Crippen LogP contribution is -2.38. The van der Waals surface area contributed by atoms with E-state index in [1.165, 1.54) is 22.6 Å². The molecule has 0 radical (unpaired) electrons. The summed E-state index contributed by atoms with van der Waals surface area (Å²) in [5.74, 6) is 0.717. The molecule has 1 aromatic heterocycles. The van der Waals surface area contributed by atoms with Crippen LogP contribution in [0.4, 0.5) is 0 Å². The van der Waals surface area contributed by atoms with Crippen molar-refractivity contribution in [3.63, 3.8) is 0 Å². The quantitative estimate of drug-likeness (QED) is 0.799. The van der Waals surface area contributed by atoms with Gasteiger partial charge in [-0.05, 0) is 24.8 Å². The average Bonchev–Trinajstić information content (AvgIpc) is 2.43. The summed E-state index contributed by atoms with van der Waals surface area (Å²) in [6.07, 6.45) is 4.07. The highest BCUT2D eigenvalue weighted by Crippen LogP contribution is 2.21. The molecule has 0 bridgehead atoms.